The van der Waals surface area contributed by atoms with Crippen molar-refractivity contribution in [3.05, 3.63) is 91.0 Å². The van der Waals surface area contributed by atoms with Crippen molar-refractivity contribution < 1.29 is 40.1 Å². The number of ether oxygens (including phenoxy) is 1. The van der Waals surface area contributed by atoms with Gasteiger partial charge in [0.2, 0.25) is 0 Å². The van der Waals surface area contributed by atoms with Gasteiger partial charge in [-0.1, -0.05) is 54.6 Å². The van der Waals surface area contributed by atoms with Crippen molar-refractivity contribution in [1.29, 1.82) is 0 Å². The summed E-state index contributed by atoms with van der Waals surface area (Å²) in [5.74, 6) is -8.47. The van der Waals surface area contributed by atoms with Gasteiger partial charge in [0, 0.05) is 0 Å². The van der Waals surface area contributed by atoms with Gasteiger partial charge in [-0.2, -0.15) is 17.6 Å². The molecule has 0 aliphatic rings. The van der Waals surface area contributed by atoms with E-state index >= 15 is 0 Å². The summed E-state index contributed by atoms with van der Waals surface area (Å²) in [5, 5.41) is -6.04. The molecule has 0 fully saturated rings. The van der Waals surface area contributed by atoms with Crippen LogP contribution in [0, 0.1) is 0 Å². The second-order valence-corrected chi connectivity index (χ2v) is 9.96. The van der Waals surface area contributed by atoms with Gasteiger partial charge in [0.25, 0.3) is 0 Å². The second-order valence-electron chi connectivity index (χ2n) is 6.51. The van der Waals surface area contributed by atoms with Crippen molar-refractivity contribution in [2.45, 2.75) is 32.8 Å². The average Bonchev–Trinajstić information content (AvgIpc) is 2.81. The Morgan fingerprint density at radius 2 is 1.12 bits per heavy atom. The molecule has 3 aromatic carbocycles. The molecule has 34 heavy (non-hydrogen) atoms. The normalized spacial score (nSPS) is 12.0. The maximum Gasteiger partial charge on any atom is 0.418 e. The van der Waals surface area contributed by atoms with E-state index in [9.17, 15) is 35.3 Å². The Kier molecular flexibility index (Phi) is 9.25. The number of alkyl halides is 4. The number of hydrogen-bond donors (Lipinski definition) is 0. The molecule has 182 valence electrons. The summed E-state index contributed by atoms with van der Waals surface area (Å²) in [5.41, 5.74) is 0. The topological polar surface area (TPSA) is 83.5 Å². The average molecular weight is 517 g/mol. The highest BCUT2D eigenvalue weighted by atomic mass is 32.2. The molecule has 0 spiro atoms. The molecule has 3 aromatic rings. The van der Waals surface area contributed by atoms with Crippen LogP contribution in [-0.2, 0) is 30.5 Å². The van der Waals surface area contributed by atoms with E-state index in [1.165, 1.54) is 14.7 Å². The van der Waals surface area contributed by atoms with Crippen LogP contribution in [0.5, 0.6) is 0 Å². The van der Waals surface area contributed by atoms with Crippen LogP contribution in [0.15, 0.2) is 106 Å². The monoisotopic (exact) mass is 516 g/mol. The van der Waals surface area contributed by atoms with Gasteiger partial charge in [0.1, 0.15) is 0 Å². The van der Waals surface area contributed by atoms with E-state index in [1.807, 2.05) is 0 Å². The molecule has 0 N–H and O–H groups in total. The number of hydrogen-bond acceptors (Lipinski definition) is 5. The van der Waals surface area contributed by atoms with Gasteiger partial charge in [-0.25, -0.2) is 13.2 Å². The van der Waals surface area contributed by atoms with Crippen LogP contribution in [0.1, 0.15) is 6.92 Å². The molecule has 5 nitrogen and oxygen atoms in total. The lowest BCUT2D eigenvalue weighted by atomic mass is 10.3. The van der Waals surface area contributed by atoms with E-state index in [-0.39, 0.29) is 10.9 Å². The van der Waals surface area contributed by atoms with Gasteiger partial charge in [-0.3, -0.25) is 0 Å². The largest absolute Gasteiger partial charge is 0.743 e. The first-order valence-corrected chi connectivity index (χ1v) is 12.3. The maximum absolute atomic E-state index is 12.5. The third-order valence-electron chi connectivity index (χ3n) is 4.15. The minimum atomic E-state index is -6.66. The predicted molar refractivity (Wildman–Crippen MR) is 118 cm³/mol. The van der Waals surface area contributed by atoms with E-state index in [4.69, 9.17) is 0 Å². The lowest BCUT2D eigenvalue weighted by Crippen LogP contribution is -2.52. The summed E-state index contributed by atoms with van der Waals surface area (Å²) < 4.78 is 82.6. The number of rotatable bonds is 7. The summed E-state index contributed by atoms with van der Waals surface area (Å²) in [7, 11) is -6.67. The van der Waals surface area contributed by atoms with Crippen molar-refractivity contribution in [3.63, 3.8) is 0 Å². The zero-order valence-corrected chi connectivity index (χ0v) is 19.4. The molecule has 11 heteroatoms. The van der Waals surface area contributed by atoms with E-state index in [0.29, 0.717) is 0 Å². The van der Waals surface area contributed by atoms with Crippen molar-refractivity contribution >= 4 is 27.0 Å². The molecule has 0 unspecified atom stereocenters. The Morgan fingerprint density at radius 1 is 0.794 bits per heavy atom. The maximum atomic E-state index is 12.5. The van der Waals surface area contributed by atoms with Gasteiger partial charge < -0.3 is 9.29 Å². The molecule has 0 aliphatic carbocycles. The van der Waals surface area contributed by atoms with Crippen LogP contribution in [-0.4, -0.2) is 36.7 Å². The van der Waals surface area contributed by atoms with Gasteiger partial charge >= 0.3 is 17.1 Å². The van der Waals surface area contributed by atoms with Crippen molar-refractivity contribution in [2.24, 2.45) is 0 Å². The van der Waals surface area contributed by atoms with Crippen molar-refractivity contribution in [2.75, 3.05) is 6.61 Å². The van der Waals surface area contributed by atoms with Crippen molar-refractivity contribution in [3.8, 4) is 0 Å². The lowest BCUT2D eigenvalue weighted by molar-refractivity contribution is -0.204. The highest BCUT2D eigenvalue weighted by Crippen LogP contribution is 2.39. The number of carbonyl (C=O) groups excluding carboxylic acids is 1. The minimum Gasteiger partial charge on any atom is -0.743 e. The Hall–Kier alpha value is -2.89. The first-order valence-electron chi connectivity index (χ1n) is 9.71. The standard InChI is InChI=1S/C18H15S.C5H6F4O5S/c1-4-10-16(11-5-1)19(17-12-6-2-7-13-17)18-14-8-3-9-15-18;1-2-14-3(10)4(6,7)5(8,9)15(11,12)13/h1-15H;2H2,1H3,(H,11,12,13)/q+1;/p-1. The van der Waals surface area contributed by atoms with Crippen LogP contribution in [0.4, 0.5) is 17.6 Å². The van der Waals surface area contributed by atoms with Gasteiger partial charge in [0.15, 0.2) is 24.8 Å². The highest BCUT2D eigenvalue weighted by Gasteiger charge is 2.68. The molecule has 0 heterocycles. The van der Waals surface area contributed by atoms with Gasteiger partial charge in [0.05, 0.1) is 17.5 Å². The van der Waals surface area contributed by atoms with E-state index in [1.54, 1.807) is 0 Å². The van der Waals surface area contributed by atoms with Gasteiger partial charge in [-0.15, -0.1) is 0 Å². The number of esters is 1. The predicted octanol–water partition coefficient (Wildman–Crippen LogP) is 5.10. The van der Waals surface area contributed by atoms with Crippen LogP contribution < -0.4 is 0 Å². The number of carbonyl (C=O) groups is 1. The molecule has 0 bridgehead atoms. The minimum absolute atomic E-state index is 0.0146. The molecule has 3 rings (SSSR count). The Balaban J connectivity index is 0.000000249. The summed E-state index contributed by atoms with van der Waals surface area (Å²) in [6.07, 6.45) is 0. The molecular formula is C23H20F4O5S2. The fourth-order valence-electron chi connectivity index (χ4n) is 2.58. The summed E-state index contributed by atoms with van der Waals surface area (Å²) in [6, 6.07) is 32.2. The van der Waals surface area contributed by atoms with Crippen molar-refractivity contribution in [1.82, 2.24) is 0 Å². The Bertz CT molecular complexity index is 1070. The third-order valence-corrected chi connectivity index (χ3v) is 7.26. The zero-order chi connectivity index (χ0) is 25.4. The summed E-state index contributed by atoms with van der Waals surface area (Å²) in [6.45, 7) is 0.376. The first-order chi connectivity index (χ1) is 15.9. The number of halogens is 4. The fraction of sp³-hybridized carbons (Fsp3) is 0.174. The SMILES string of the molecule is CCOC(=O)C(F)(F)C(F)(F)S(=O)(=O)[O-].c1ccc([S+](c2ccccc2)c2ccccc2)cc1. The zero-order valence-electron chi connectivity index (χ0n) is 17.7. The molecule has 0 aromatic heterocycles. The molecular weight excluding hydrogens is 496 g/mol. The van der Waals surface area contributed by atoms with Crippen LogP contribution in [0.3, 0.4) is 0 Å². The molecule has 0 radical (unpaired) electrons. The van der Waals surface area contributed by atoms with Crippen LogP contribution in [0.25, 0.3) is 0 Å². The van der Waals surface area contributed by atoms with Gasteiger partial charge in [-0.05, 0) is 43.3 Å². The first kappa shape index (κ1) is 27.4. The molecule has 0 amide bonds. The van der Waals surface area contributed by atoms with E-state index in [0.717, 1.165) is 6.92 Å². The molecule has 0 aliphatic heterocycles. The molecule has 0 saturated heterocycles. The summed E-state index contributed by atoms with van der Waals surface area (Å²) >= 11 is 0. The van der Waals surface area contributed by atoms with E-state index < -0.39 is 33.9 Å². The Labute approximate surface area is 197 Å². The quantitative estimate of drug-likeness (QED) is 0.189. The van der Waals surface area contributed by atoms with E-state index in [2.05, 4.69) is 95.7 Å². The molecule has 0 saturated carbocycles. The smallest absolute Gasteiger partial charge is 0.418 e. The van der Waals surface area contributed by atoms with Crippen LogP contribution in [0.2, 0.25) is 0 Å². The van der Waals surface area contributed by atoms with Crippen LogP contribution >= 0.6 is 0 Å². The third kappa shape index (κ3) is 6.37. The number of benzene rings is 3. The summed E-state index contributed by atoms with van der Waals surface area (Å²) in [4.78, 5) is 14.4. The lowest BCUT2D eigenvalue weighted by Gasteiger charge is -2.26. The fourth-order valence-corrected chi connectivity index (χ4v) is 5.08. The second kappa shape index (κ2) is 11.5. The highest BCUT2D eigenvalue weighted by molar-refractivity contribution is 7.97. The Morgan fingerprint density at radius 3 is 1.38 bits per heavy atom. The molecule has 0 atom stereocenters.